The molecule has 0 aromatic carbocycles. The first-order valence-electron chi connectivity index (χ1n) is 3.30. The number of primary amides is 1. The zero-order valence-corrected chi connectivity index (χ0v) is 6.54. The summed E-state index contributed by atoms with van der Waals surface area (Å²) in [7, 11) is 0. The van der Waals surface area contributed by atoms with Crippen molar-refractivity contribution >= 4 is 5.91 Å². The number of nitrogens with two attached hydrogens (primary N) is 1. The molecule has 3 N–H and O–H groups in total. The van der Waals surface area contributed by atoms with Crippen molar-refractivity contribution in [3.63, 3.8) is 0 Å². The normalized spacial score (nSPS) is 12.5. The summed E-state index contributed by atoms with van der Waals surface area (Å²) in [4.78, 5) is 10.5. The van der Waals surface area contributed by atoms with Crippen LogP contribution >= 0.6 is 0 Å². The molecule has 0 aliphatic carbocycles. The number of aliphatic hydroxyl groups is 1. The Hall–Kier alpha value is -0.870. The molecule has 1 unspecified atom stereocenters. The fraction of sp³-hybridized carbons (Fsp3) is 0.571. The molecule has 0 saturated heterocycles. The molecule has 11 heavy (non-hydrogen) atoms. The summed E-state index contributed by atoms with van der Waals surface area (Å²) in [6.07, 6.45) is -0.417. The lowest BCUT2D eigenvalue weighted by Gasteiger charge is -2.11. The van der Waals surface area contributed by atoms with Crippen molar-refractivity contribution in [2.45, 2.75) is 13.0 Å². The van der Waals surface area contributed by atoms with E-state index in [1.807, 2.05) is 0 Å². The van der Waals surface area contributed by atoms with Crippen molar-refractivity contribution in [2.24, 2.45) is 5.73 Å². The lowest BCUT2D eigenvalue weighted by atomic mass is 10.2. The Morgan fingerprint density at radius 3 is 2.73 bits per heavy atom. The van der Waals surface area contributed by atoms with E-state index in [0.29, 0.717) is 0 Å². The van der Waals surface area contributed by atoms with E-state index in [0.717, 1.165) is 0 Å². The van der Waals surface area contributed by atoms with E-state index in [9.17, 15) is 4.79 Å². The molecule has 0 radical (unpaired) electrons. The first-order valence-corrected chi connectivity index (χ1v) is 3.30. The Kier molecular flexibility index (Phi) is 4.49. The Morgan fingerprint density at radius 1 is 1.82 bits per heavy atom. The van der Waals surface area contributed by atoms with Gasteiger partial charge in [0.2, 0.25) is 5.91 Å². The number of carbonyl (C=O) groups excluding carboxylic acids is 1. The van der Waals surface area contributed by atoms with Gasteiger partial charge in [-0.15, -0.1) is 0 Å². The van der Waals surface area contributed by atoms with Crippen LogP contribution in [0.1, 0.15) is 6.92 Å². The Morgan fingerprint density at radius 2 is 2.36 bits per heavy atom. The largest absolute Gasteiger partial charge is 0.394 e. The van der Waals surface area contributed by atoms with E-state index in [4.69, 9.17) is 15.6 Å². The second-order valence-electron chi connectivity index (χ2n) is 2.13. The lowest BCUT2D eigenvalue weighted by molar-refractivity contribution is -0.115. The second-order valence-corrected chi connectivity index (χ2v) is 2.13. The molecule has 0 aliphatic rings. The SMILES string of the molecule is C=C(C(N)=O)C(C)OCCO. The Balaban J connectivity index is 3.73. The lowest BCUT2D eigenvalue weighted by Crippen LogP contribution is -2.24. The third kappa shape index (κ3) is 3.75. The molecule has 0 rings (SSSR count). The number of rotatable bonds is 5. The van der Waals surface area contributed by atoms with Gasteiger partial charge in [-0.05, 0) is 6.92 Å². The van der Waals surface area contributed by atoms with Crippen LogP contribution in [0.4, 0.5) is 0 Å². The summed E-state index contributed by atoms with van der Waals surface area (Å²) in [6.45, 7) is 5.20. The Labute approximate surface area is 65.6 Å². The molecule has 4 nitrogen and oxygen atoms in total. The molecule has 1 atom stereocenters. The average Bonchev–Trinajstić information content (AvgIpc) is 1.98. The van der Waals surface area contributed by atoms with Gasteiger partial charge in [-0.25, -0.2) is 0 Å². The molecule has 4 heteroatoms. The van der Waals surface area contributed by atoms with Crippen molar-refractivity contribution in [2.75, 3.05) is 13.2 Å². The van der Waals surface area contributed by atoms with Crippen molar-refractivity contribution in [1.82, 2.24) is 0 Å². The fourth-order valence-electron chi connectivity index (χ4n) is 0.530. The monoisotopic (exact) mass is 159 g/mol. The second kappa shape index (κ2) is 4.87. The van der Waals surface area contributed by atoms with Crippen LogP contribution < -0.4 is 5.73 Å². The minimum atomic E-state index is -0.574. The summed E-state index contributed by atoms with van der Waals surface area (Å²) in [5.74, 6) is -0.574. The summed E-state index contributed by atoms with van der Waals surface area (Å²) in [5.41, 5.74) is 5.15. The number of hydrogen-bond acceptors (Lipinski definition) is 3. The van der Waals surface area contributed by atoms with Crippen molar-refractivity contribution in [3.8, 4) is 0 Å². The van der Waals surface area contributed by atoms with Crippen LogP contribution in [0, 0.1) is 0 Å². The van der Waals surface area contributed by atoms with Crippen molar-refractivity contribution in [1.29, 1.82) is 0 Å². The molecule has 0 aromatic heterocycles. The zero-order valence-electron chi connectivity index (χ0n) is 6.54. The van der Waals surface area contributed by atoms with Crippen molar-refractivity contribution in [3.05, 3.63) is 12.2 Å². The summed E-state index contributed by atoms with van der Waals surface area (Å²) in [6, 6.07) is 0. The molecule has 64 valence electrons. The van der Waals surface area contributed by atoms with E-state index in [-0.39, 0.29) is 18.8 Å². The van der Waals surface area contributed by atoms with Gasteiger partial charge in [0.05, 0.1) is 19.3 Å². The topological polar surface area (TPSA) is 72.6 Å². The van der Waals surface area contributed by atoms with E-state index in [2.05, 4.69) is 6.58 Å². The average molecular weight is 159 g/mol. The highest BCUT2D eigenvalue weighted by atomic mass is 16.5. The number of ether oxygens (including phenoxy) is 1. The van der Waals surface area contributed by atoms with Gasteiger partial charge >= 0.3 is 0 Å². The predicted octanol–water partition coefficient (Wildman–Crippen LogP) is -0.575. The van der Waals surface area contributed by atoms with Gasteiger partial charge in [0.1, 0.15) is 0 Å². The maximum Gasteiger partial charge on any atom is 0.246 e. The third-order valence-corrected chi connectivity index (χ3v) is 1.27. The first kappa shape index (κ1) is 10.1. The van der Waals surface area contributed by atoms with Gasteiger partial charge in [0, 0.05) is 5.57 Å². The highest BCUT2D eigenvalue weighted by Crippen LogP contribution is 2.01. The minimum absolute atomic E-state index is 0.0730. The summed E-state index contributed by atoms with van der Waals surface area (Å²) in [5, 5.41) is 8.36. The molecular formula is C7H13NO3. The standard InChI is InChI=1S/C7H13NO3/c1-5(7(8)10)6(2)11-4-3-9/h6,9H,1,3-4H2,2H3,(H2,8,10). The molecule has 0 spiro atoms. The maximum atomic E-state index is 10.5. The molecule has 1 amide bonds. The first-order chi connectivity index (χ1) is 5.09. The van der Waals surface area contributed by atoms with Gasteiger partial charge in [-0.2, -0.15) is 0 Å². The minimum Gasteiger partial charge on any atom is -0.394 e. The molecule has 0 fully saturated rings. The molecule has 0 aliphatic heterocycles. The van der Waals surface area contributed by atoms with Crippen LogP contribution in [0.5, 0.6) is 0 Å². The highest BCUT2D eigenvalue weighted by molar-refractivity contribution is 5.92. The number of hydrogen-bond donors (Lipinski definition) is 2. The van der Waals surface area contributed by atoms with Gasteiger partial charge in [0.15, 0.2) is 0 Å². The predicted molar refractivity (Wildman–Crippen MR) is 40.8 cm³/mol. The molecule has 0 heterocycles. The number of amides is 1. The number of carbonyl (C=O) groups is 1. The van der Waals surface area contributed by atoms with Gasteiger partial charge in [-0.3, -0.25) is 4.79 Å². The van der Waals surface area contributed by atoms with Gasteiger partial charge < -0.3 is 15.6 Å². The molecule has 0 aromatic rings. The zero-order chi connectivity index (χ0) is 8.85. The van der Waals surface area contributed by atoms with E-state index in [1.165, 1.54) is 0 Å². The number of aliphatic hydroxyl groups excluding tert-OH is 1. The molecular weight excluding hydrogens is 146 g/mol. The van der Waals surface area contributed by atoms with E-state index >= 15 is 0 Å². The third-order valence-electron chi connectivity index (χ3n) is 1.27. The maximum absolute atomic E-state index is 10.5. The van der Waals surface area contributed by atoms with Crippen LogP contribution in [0.15, 0.2) is 12.2 Å². The highest BCUT2D eigenvalue weighted by Gasteiger charge is 2.10. The van der Waals surface area contributed by atoms with Crippen LogP contribution in [-0.2, 0) is 9.53 Å². The van der Waals surface area contributed by atoms with Crippen LogP contribution in [0.3, 0.4) is 0 Å². The molecule has 0 bridgehead atoms. The van der Waals surface area contributed by atoms with E-state index < -0.39 is 12.0 Å². The van der Waals surface area contributed by atoms with Crippen LogP contribution in [-0.4, -0.2) is 30.3 Å². The van der Waals surface area contributed by atoms with Crippen LogP contribution in [0.25, 0.3) is 0 Å². The molecule has 0 saturated carbocycles. The Bertz CT molecular complexity index is 156. The van der Waals surface area contributed by atoms with Gasteiger partial charge in [-0.1, -0.05) is 6.58 Å². The van der Waals surface area contributed by atoms with Gasteiger partial charge in [0.25, 0.3) is 0 Å². The summed E-state index contributed by atoms with van der Waals surface area (Å²) < 4.78 is 4.96. The summed E-state index contributed by atoms with van der Waals surface area (Å²) >= 11 is 0. The van der Waals surface area contributed by atoms with E-state index in [1.54, 1.807) is 6.92 Å². The smallest absolute Gasteiger partial charge is 0.246 e. The quantitative estimate of drug-likeness (QED) is 0.527. The van der Waals surface area contributed by atoms with Crippen LogP contribution in [0.2, 0.25) is 0 Å². The fourth-order valence-corrected chi connectivity index (χ4v) is 0.530. The van der Waals surface area contributed by atoms with Crippen molar-refractivity contribution < 1.29 is 14.6 Å².